The molecule has 1 aromatic carbocycles. The number of aryl methyl sites for hydroxylation is 1. The van der Waals surface area contributed by atoms with Gasteiger partial charge < -0.3 is 24.4 Å². The summed E-state index contributed by atoms with van der Waals surface area (Å²) in [5.74, 6) is 2.02. The minimum atomic E-state index is -0.0956. The number of fused-ring (bicyclic) bond motifs is 1. The molecule has 2 aromatic heterocycles. The Morgan fingerprint density at radius 1 is 1.03 bits per heavy atom. The van der Waals surface area contributed by atoms with Crippen LogP contribution in [0.5, 0.6) is 11.5 Å². The van der Waals surface area contributed by atoms with Gasteiger partial charge in [0, 0.05) is 58.6 Å². The van der Waals surface area contributed by atoms with E-state index in [2.05, 4.69) is 10.3 Å². The van der Waals surface area contributed by atoms with Gasteiger partial charge in [-0.25, -0.2) is 9.99 Å². The van der Waals surface area contributed by atoms with Crippen molar-refractivity contribution in [1.29, 1.82) is 0 Å². The maximum absolute atomic E-state index is 12.6. The molecule has 0 amide bonds. The third-order valence-corrected chi connectivity index (χ3v) is 5.04. The molecule has 0 aliphatic carbocycles. The monoisotopic (exact) mass is 397 g/mol. The van der Waals surface area contributed by atoms with Crippen LogP contribution in [-0.4, -0.2) is 57.0 Å². The van der Waals surface area contributed by atoms with Gasteiger partial charge in [0.2, 0.25) is 0 Å². The van der Waals surface area contributed by atoms with Crippen LogP contribution in [0.3, 0.4) is 0 Å². The zero-order chi connectivity index (χ0) is 21.3. The Balaban J connectivity index is 2.35. The maximum atomic E-state index is 12.6. The fourth-order valence-electron chi connectivity index (χ4n) is 3.30. The van der Waals surface area contributed by atoms with Crippen molar-refractivity contribution in [3.05, 3.63) is 40.9 Å². The first-order valence-corrected chi connectivity index (χ1v) is 9.16. The van der Waals surface area contributed by atoms with Crippen LogP contribution >= 0.6 is 0 Å². The lowest BCUT2D eigenvalue weighted by Crippen LogP contribution is -2.33. The molecule has 0 unspecified atom stereocenters. The molecule has 154 valence electrons. The Kier molecular flexibility index (Phi) is 5.65. The van der Waals surface area contributed by atoms with Crippen molar-refractivity contribution in [3.63, 3.8) is 0 Å². The van der Waals surface area contributed by atoms with Crippen molar-refractivity contribution < 1.29 is 9.47 Å². The number of hydrogen-bond acceptors (Lipinski definition) is 7. The lowest BCUT2D eigenvalue weighted by Gasteiger charge is -2.29. The Morgan fingerprint density at radius 2 is 1.66 bits per heavy atom. The molecule has 0 atom stereocenters. The average molecular weight is 397 g/mol. The predicted molar refractivity (Wildman–Crippen MR) is 117 cm³/mol. The van der Waals surface area contributed by atoms with E-state index in [4.69, 9.17) is 9.47 Å². The first kappa shape index (κ1) is 20.5. The van der Waals surface area contributed by atoms with Crippen LogP contribution in [-0.2, 0) is 7.05 Å². The van der Waals surface area contributed by atoms with Gasteiger partial charge in [-0.2, -0.15) is 0 Å². The van der Waals surface area contributed by atoms with Crippen molar-refractivity contribution in [2.45, 2.75) is 0 Å². The summed E-state index contributed by atoms with van der Waals surface area (Å²) in [6, 6.07) is 5.79. The largest absolute Gasteiger partial charge is 0.494 e. The third kappa shape index (κ3) is 3.58. The standard InChI is InChI=1S/C21H27N5O3/c1-22-19-10-14-15(11-23-19)21(27)25(4)12-16(14)13-8-17(28-6)20(18(9-13)29-7)26(5)24(2)3/h8-12H,1-7H3,(H,22,23). The number of methoxy groups -OCH3 is 2. The van der Waals surface area contributed by atoms with E-state index >= 15 is 0 Å². The summed E-state index contributed by atoms with van der Waals surface area (Å²) >= 11 is 0. The van der Waals surface area contributed by atoms with E-state index in [1.165, 1.54) is 0 Å². The van der Waals surface area contributed by atoms with Gasteiger partial charge in [-0.15, -0.1) is 0 Å². The predicted octanol–water partition coefficient (Wildman–Crippen LogP) is 2.57. The highest BCUT2D eigenvalue weighted by atomic mass is 16.5. The lowest BCUT2D eigenvalue weighted by molar-refractivity contribution is 0.358. The Bertz CT molecular complexity index is 1080. The van der Waals surface area contributed by atoms with Crippen LogP contribution in [0.15, 0.2) is 35.4 Å². The molecule has 0 saturated heterocycles. The highest BCUT2D eigenvalue weighted by Gasteiger charge is 2.20. The molecule has 0 bridgehead atoms. The van der Waals surface area contributed by atoms with Crippen molar-refractivity contribution in [2.75, 3.05) is 52.7 Å². The number of hydrogen-bond donors (Lipinski definition) is 1. The first-order chi connectivity index (χ1) is 13.8. The minimum absolute atomic E-state index is 0.0956. The number of nitrogens with one attached hydrogen (secondary N) is 1. The summed E-state index contributed by atoms with van der Waals surface area (Å²) in [6.07, 6.45) is 3.43. The van der Waals surface area contributed by atoms with Crippen LogP contribution in [0, 0.1) is 0 Å². The fraction of sp³-hybridized carbons (Fsp3) is 0.333. The summed E-state index contributed by atoms with van der Waals surface area (Å²) in [5.41, 5.74) is 2.48. The molecule has 3 aromatic rings. The fourth-order valence-corrected chi connectivity index (χ4v) is 3.30. The number of pyridine rings is 2. The molecule has 0 fully saturated rings. The smallest absolute Gasteiger partial charge is 0.259 e. The van der Waals surface area contributed by atoms with E-state index in [0.717, 1.165) is 22.2 Å². The van der Waals surface area contributed by atoms with Gasteiger partial charge in [0.1, 0.15) is 23.0 Å². The number of aromatic nitrogens is 2. The average Bonchev–Trinajstić information content (AvgIpc) is 2.74. The van der Waals surface area contributed by atoms with E-state index in [-0.39, 0.29) is 5.56 Å². The molecule has 0 saturated carbocycles. The second kappa shape index (κ2) is 8.00. The van der Waals surface area contributed by atoms with Gasteiger partial charge in [-0.05, 0) is 23.8 Å². The number of nitrogens with zero attached hydrogens (tertiary/aromatic N) is 4. The minimum Gasteiger partial charge on any atom is -0.494 e. The summed E-state index contributed by atoms with van der Waals surface area (Å²) in [4.78, 5) is 16.9. The topological polar surface area (TPSA) is 71.9 Å². The number of rotatable bonds is 6. The van der Waals surface area contributed by atoms with Crippen molar-refractivity contribution in [3.8, 4) is 22.6 Å². The molecule has 8 heteroatoms. The van der Waals surface area contributed by atoms with Crippen LogP contribution in [0.1, 0.15) is 0 Å². The number of hydrazine groups is 1. The van der Waals surface area contributed by atoms with Gasteiger partial charge in [0.15, 0.2) is 0 Å². The SMILES string of the molecule is CNc1cc2c(-c3cc(OC)c(N(C)N(C)C)c(OC)c3)cn(C)c(=O)c2cn1. The lowest BCUT2D eigenvalue weighted by atomic mass is 10.00. The van der Waals surface area contributed by atoms with Crippen molar-refractivity contribution >= 4 is 22.3 Å². The summed E-state index contributed by atoms with van der Waals surface area (Å²) < 4.78 is 12.9. The molecular formula is C21H27N5O3. The summed E-state index contributed by atoms with van der Waals surface area (Å²) in [5, 5.41) is 8.28. The highest BCUT2D eigenvalue weighted by Crippen LogP contribution is 2.42. The number of ether oxygens (including phenoxy) is 2. The summed E-state index contributed by atoms with van der Waals surface area (Å²) in [6.45, 7) is 0. The summed E-state index contributed by atoms with van der Waals surface area (Å²) in [7, 11) is 12.6. The van der Waals surface area contributed by atoms with E-state index in [0.29, 0.717) is 22.7 Å². The van der Waals surface area contributed by atoms with Crippen LogP contribution in [0.25, 0.3) is 21.9 Å². The third-order valence-electron chi connectivity index (χ3n) is 5.04. The van der Waals surface area contributed by atoms with Gasteiger partial charge in [0.25, 0.3) is 5.56 Å². The second-order valence-electron chi connectivity index (χ2n) is 6.92. The van der Waals surface area contributed by atoms with Gasteiger partial charge in [0.05, 0.1) is 19.6 Å². The molecule has 0 aliphatic heterocycles. The van der Waals surface area contributed by atoms with Gasteiger partial charge in [-0.1, -0.05) is 0 Å². The molecule has 0 spiro atoms. The molecule has 8 nitrogen and oxygen atoms in total. The zero-order valence-corrected chi connectivity index (χ0v) is 17.9. The quantitative estimate of drug-likeness (QED) is 0.641. The normalized spacial score (nSPS) is 11.0. The van der Waals surface area contributed by atoms with Crippen LogP contribution in [0.4, 0.5) is 11.5 Å². The number of anilines is 2. The Labute approximate surface area is 170 Å². The van der Waals surface area contributed by atoms with E-state index in [1.807, 2.05) is 55.6 Å². The molecule has 0 radical (unpaired) electrons. The molecule has 1 N–H and O–H groups in total. The van der Waals surface area contributed by atoms with E-state index in [9.17, 15) is 4.79 Å². The molecule has 29 heavy (non-hydrogen) atoms. The molecule has 3 rings (SSSR count). The Morgan fingerprint density at radius 3 is 2.17 bits per heavy atom. The van der Waals surface area contributed by atoms with Crippen molar-refractivity contribution in [2.24, 2.45) is 7.05 Å². The highest BCUT2D eigenvalue weighted by molar-refractivity contribution is 5.97. The molecule has 0 aliphatic rings. The van der Waals surface area contributed by atoms with Gasteiger partial charge in [-0.3, -0.25) is 4.79 Å². The first-order valence-electron chi connectivity index (χ1n) is 9.16. The molecular weight excluding hydrogens is 370 g/mol. The Hall–Kier alpha value is -3.26. The van der Waals surface area contributed by atoms with Crippen LogP contribution in [0.2, 0.25) is 0 Å². The van der Waals surface area contributed by atoms with E-state index in [1.54, 1.807) is 39.1 Å². The second-order valence-corrected chi connectivity index (χ2v) is 6.92. The van der Waals surface area contributed by atoms with Gasteiger partial charge >= 0.3 is 0 Å². The zero-order valence-electron chi connectivity index (χ0n) is 17.9. The van der Waals surface area contributed by atoms with Crippen LogP contribution < -0.4 is 25.4 Å². The molecule has 2 heterocycles. The number of benzene rings is 1. The van der Waals surface area contributed by atoms with Crippen molar-refractivity contribution in [1.82, 2.24) is 14.6 Å². The maximum Gasteiger partial charge on any atom is 0.259 e. The van der Waals surface area contributed by atoms with E-state index < -0.39 is 0 Å².